The topological polar surface area (TPSA) is 59.4 Å². The summed E-state index contributed by atoms with van der Waals surface area (Å²) in [4.78, 5) is 19.2. The van der Waals surface area contributed by atoms with Crippen LogP contribution in [0.15, 0.2) is 30.3 Å². The van der Waals surface area contributed by atoms with Crippen LogP contribution in [-0.4, -0.2) is 38.7 Å². The molecule has 0 saturated carbocycles. The summed E-state index contributed by atoms with van der Waals surface area (Å²) < 4.78 is 34.5. The highest BCUT2D eigenvalue weighted by Crippen LogP contribution is 2.38. The monoisotopic (exact) mass is 456 g/mol. The molecule has 0 saturated heterocycles. The van der Waals surface area contributed by atoms with Crippen LogP contribution in [0.3, 0.4) is 0 Å². The number of ether oxygens (including phenoxy) is 1. The Kier molecular flexibility index (Phi) is 5.58. The van der Waals surface area contributed by atoms with Gasteiger partial charge in [0.25, 0.3) is 0 Å². The van der Waals surface area contributed by atoms with Crippen molar-refractivity contribution in [3.05, 3.63) is 53.2 Å². The molecule has 8 heteroatoms. The van der Waals surface area contributed by atoms with Gasteiger partial charge in [0, 0.05) is 42.5 Å². The van der Waals surface area contributed by atoms with Gasteiger partial charge in [-0.25, -0.2) is 18.6 Å². The molecule has 1 atom stereocenters. The average molecular weight is 457 g/mol. The Bertz CT molecular complexity index is 1230. The zero-order valence-corrected chi connectivity index (χ0v) is 19.9. The quantitative estimate of drug-likeness (QED) is 0.549. The van der Waals surface area contributed by atoms with Gasteiger partial charge in [0.15, 0.2) is 11.6 Å². The number of likely N-dealkylation sites (N-methyl/N-ethyl adjacent to an activating group) is 1. The van der Waals surface area contributed by atoms with Crippen molar-refractivity contribution in [2.45, 2.75) is 58.1 Å². The van der Waals surface area contributed by atoms with E-state index in [-0.39, 0.29) is 11.6 Å². The molecule has 3 aromatic rings. The van der Waals surface area contributed by atoms with E-state index in [2.05, 4.69) is 16.8 Å². The molecular formula is C25H30F2N4O2. The second-order valence-electron chi connectivity index (χ2n) is 10.0. The SMILES string of the molecule is CN(C(=O)OC(C)(C)C)C1(C)CCc2c(c3ccc(Nc4ccc(F)c(F)c4)nc3n2C)C1. The normalized spacial score (nSPS) is 18.2. The van der Waals surface area contributed by atoms with Crippen LogP contribution in [0.25, 0.3) is 11.0 Å². The number of aromatic nitrogens is 2. The molecule has 0 fully saturated rings. The molecule has 1 N–H and O–H groups in total. The molecule has 33 heavy (non-hydrogen) atoms. The maximum Gasteiger partial charge on any atom is 0.410 e. The van der Waals surface area contributed by atoms with Crippen LogP contribution in [0.1, 0.15) is 45.4 Å². The molecule has 176 valence electrons. The number of carbonyl (C=O) groups excluding carboxylic acids is 1. The van der Waals surface area contributed by atoms with Crippen molar-refractivity contribution in [1.29, 1.82) is 0 Å². The van der Waals surface area contributed by atoms with Crippen LogP contribution in [-0.2, 0) is 24.6 Å². The first-order chi connectivity index (χ1) is 15.4. The lowest BCUT2D eigenvalue weighted by Gasteiger charge is -2.42. The van der Waals surface area contributed by atoms with Gasteiger partial charge in [0.05, 0.1) is 0 Å². The number of aryl methyl sites for hydroxylation is 1. The van der Waals surface area contributed by atoms with E-state index in [1.807, 2.05) is 40.0 Å². The molecule has 1 aliphatic rings. The van der Waals surface area contributed by atoms with Crippen molar-refractivity contribution in [1.82, 2.24) is 14.5 Å². The third-order valence-corrected chi connectivity index (χ3v) is 6.40. The van der Waals surface area contributed by atoms with E-state index in [9.17, 15) is 13.6 Å². The summed E-state index contributed by atoms with van der Waals surface area (Å²) in [7, 11) is 3.78. The van der Waals surface area contributed by atoms with Gasteiger partial charge in [-0.1, -0.05) is 0 Å². The van der Waals surface area contributed by atoms with E-state index in [0.29, 0.717) is 17.9 Å². The summed E-state index contributed by atoms with van der Waals surface area (Å²) in [6.45, 7) is 7.68. The number of benzene rings is 1. The van der Waals surface area contributed by atoms with Gasteiger partial charge in [0.1, 0.15) is 17.1 Å². The molecule has 0 spiro atoms. The van der Waals surface area contributed by atoms with Gasteiger partial charge < -0.3 is 19.5 Å². The maximum absolute atomic E-state index is 13.6. The molecule has 1 aliphatic carbocycles. The van der Waals surface area contributed by atoms with E-state index < -0.39 is 17.2 Å². The molecule has 6 nitrogen and oxygen atoms in total. The van der Waals surface area contributed by atoms with Crippen LogP contribution in [0, 0.1) is 11.6 Å². The first-order valence-electron chi connectivity index (χ1n) is 11.0. The number of rotatable bonds is 3. The van der Waals surface area contributed by atoms with E-state index in [0.717, 1.165) is 36.0 Å². The van der Waals surface area contributed by atoms with E-state index >= 15 is 0 Å². The van der Waals surface area contributed by atoms with Crippen molar-refractivity contribution in [2.24, 2.45) is 7.05 Å². The van der Waals surface area contributed by atoms with E-state index in [4.69, 9.17) is 9.72 Å². The van der Waals surface area contributed by atoms with Gasteiger partial charge in [-0.3, -0.25) is 0 Å². The molecule has 1 amide bonds. The van der Waals surface area contributed by atoms with Gasteiger partial charge in [-0.15, -0.1) is 0 Å². The summed E-state index contributed by atoms with van der Waals surface area (Å²) in [5.41, 5.74) is 2.65. The molecule has 2 heterocycles. The molecule has 1 unspecified atom stereocenters. The summed E-state index contributed by atoms with van der Waals surface area (Å²) in [5.74, 6) is -1.26. The Morgan fingerprint density at radius 2 is 1.94 bits per heavy atom. The second-order valence-corrected chi connectivity index (χ2v) is 10.0. The van der Waals surface area contributed by atoms with E-state index in [1.165, 1.54) is 17.3 Å². The largest absolute Gasteiger partial charge is 0.444 e. The van der Waals surface area contributed by atoms with Crippen LogP contribution in [0.2, 0.25) is 0 Å². The summed E-state index contributed by atoms with van der Waals surface area (Å²) >= 11 is 0. The summed E-state index contributed by atoms with van der Waals surface area (Å²) in [6, 6.07) is 7.48. The van der Waals surface area contributed by atoms with Crippen LogP contribution < -0.4 is 5.32 Å². The van der Waals surface area contributed by atoms with Crippen molar-refractivity contribution in [2.75, 3.05) is 12.4 Å². The smallest absolute Gasteiger partial charge is 0.410 e. The Morgan fingerprint density at radius 1 is 1.21 bits per heavy atom. The van der Waals surface area contributed by atoms with Crippen molar-refractivity contribution >= 4 is 28.6 Å². The first-order valence-corrected chi connectivity index (χ1v) is 11.0. The van der Waals surface area contributed by atoms with Crippen molar-refractivity contribution < 1.29 is 18.3 Å². The molecule has 0 bridgehead atoms. The van der Waals surface area contributed by atoms with Crippen LogP contribution in [0.5, 0.6) is 0 Å². The van der Waals surface area contributed by atoms with Gasteiger partial charge in [-0.05, 0) is 76.8 Å². The Hall–Kier alpha value is -3.16. The molecule has 0 aliphatic heterocycles. The number of fused-ring (bicyclic) bond motifs is 3. The molecule has 0 radical (unpaired) electrons. The standard InChI is InChI=1S/C25H30F2N4O2/c1-24(2,3)33-23(32)31(6)25(4)12-11-20-17(14-25)16-8-10-21(29-22(16)30(20)5)28-15-7-9-18(26)19(27)13-15/h7-10,13H,11-12,14H2,1-6H3,(H,28,29). The van der Waals surface area contributed by atoms with Gasteiger partial charge in [-0.2, -0.15) is 0 Å². The Balaban J connectivity index is 1.63. The number of nitrogens with one attached hydrogen (secondary N) is 1. The Labute approximate surface area is 192 Å². The van der Waals surface area contributed by atoms with E-state index in [1.54, 1.807) is 11.9 Å². The van der Waals surface area contributed by atoms with Crippen LogP contribution >= 0.6 is 0 Å². The molecule has 4 rings (SSSR count). The lowest BCUT2D eigenvalue weighted by molar-refractivity contribution is 0.00546. The van der Waals surface area contributed by atoms with Gasteiger partial charge in [0.2, 0.25) is 0 Å². The van der Waals surface area contributed by atoms with Crippen LogP contribution in [0.4, 0.5) is 25.1 Å². The highest BCUT2D eigenvalue weighted by molar-refractivity contribution is 5.85. The highest BCUT2D eigenvalue weighted by atomic mass is 19.2. The molecule has 1 aromatic carbocycles. The lowest BCUT2D eigenvalue weighted by atomic mass is 9.80. The third-order valence-electron chi connectivity index (χ3n) is 6.40. The highest BCUT2D eigenvalue weighted by Gasteiger charge is 2.40. The fourth-order valence-electron chi connectivity index (χ4n) is 4.43. The van der Waals surface area contributed by atoms with Crippen molar-refractivity contribution in [3.8, 4) is 0 Å². The Morgan fingerprint density at radius 3 is 2.61 bits per heavy atom. The predicted molar refractivity (Wildman–Crippen MR) is 125 cm³/mol. The minimum atomic E-state index is -0.913. The lowest BCUT2D eigenvalue weighted by Crippen LogP contribution is -2.52. The summed E-state index contributed by atoms with van der Waals surface area (Å²) in [5, 5.41) is 4.06. The third kappa shape index (κ3) is 4.38. The average Bonchev–Trinajstić information content (AvgIpc) is 3.00. The molecule has 2 aromatic heterocycles. The first kappa shape index (κ1) is 23.0. The predicted octanol–water partition coefficient (Wildman–Crippen LogP) is 5.71. The van der Waals surface area contributed by atoms with Crippen molar-refractivity contribution in [3.63, 3.8) is 0 Å². The van der Waals surface area contributed by atoms with Gasteiger partial charge >= 0.3 is 6.09 Å². The maximum atomic E-state index is 13.6. The second kappa shape index (κ2) is 8.01. The number of nitrogens with zero attached hydrogens (tertiary/aromatic N) is 3. The number of amides is 1. The molecular weight excluding hydrogens is 426 g/mol. The minimum absolute atomic E-state index is 0.329. The number of carbonyl (C=O) groups is 1. The fourth-order valence-corrected chi connectivity index (χ4v) is 4.43. The zero-order chi connectivity index (χ0) is 24.1. The number of halogens is 2. The zero-order valence-electron chi connectivity index (χ0n) is 19.9. The number of pyridine rings is 1. The fraction of sp³-hybridized carbons (Fsp3) is 0.440. The number of hydrogen-bond acceptors (Lipinski definition) is 4. The summed E-state index contributed by atoms with van der Waals surface area (Å²) in [6.07, 6.45) is 1.97. The minimum Gasteiger partial charge on any atom is -0.444 e. The number of hydrogen-bond donors (Lipinski definition) is 1. The number of anilines is 2.